The molecule has 1 N–H and O–H groups in total. The molecule has 1 saturated heterocycles. The number of nitrogens with zero attached hydrogens (tertiary/aromatic N) is 2. The summed E-state index contributed by atoms with van der Waals surface area (Å²) in [5.41, 5.74) is 2.52. The minimum absolute atomic E-state index is 0.0313. The summed E-state index contributed by atoms with van der Waals surface area (Å²) in [6.45, 7) is 7.29. The second-order valence-electron chi connectivity index (χ2n) is 5.38. The molecule has 2 aliphatic rings. The molecule has 1 aromatic carbocycles. The topological polar surface area (TPSA) is 44.8 Å². The molecule has 2 aliphatic heterocycles. The van der Waals surface area contributed by atoms with Crippen molar-refractivity contribution in [1.82, 2.24) is 9.80 Å². The first kappa shape index (κ1) is 13.9. The van der Waals surface area contributed by atoms with Crippen LogP contribution in [-0.4, -0.2) is 55.5 Å². The first-order valence-corrected chi connectivity index (χ1v) is 7.39. The first-order valence-electron chi connectivity index (χ1n) is 7.39. The van der Waals surface area contributed by atoms with E-state index in [1.165, 1.54) is 0 Å². The molecule has 0 bridgehead atoms. The van der Waals surface area contributed by atoms with E-state index >= 15 is 0 Å². The van der Waals surface area contributed by atoms with Crippen LogP contribution in [0, 0.1) is 0 Å². The van der Waals surface area contributed by atoms with E-state index in [9.17, 15) is 4.79 Å². The van der Waals surface area contributed by atoms with E-state index in [0.717, 1.165) is 55.3 Å². The van der Waals surface area contributed by atoms with Crippen LogP contribution < -0.4 is 10.1 Å². The molecule has 1 amide bonds. The van der Waals surface area contributed by atoms with Crippen molar-refractivity contribution in [3.63, 3.8) is 0 Å². The number of benzene rings is 1. The van der Waals surface area contributed by atoms with Gasteiger partial charge in [0, 0.05) is 43.6 Å². The van der Waals surface area contributed by atoms with Crippen molar-refractivity contribution in [3.8, 4) is 5.75 Å². The number of hydrogen-bond donors (Lipinski definition) is 1. The average Bonchev–Trinajstić information content (AvgIpc) is 2.83. The van der Waals surface area contributed by atoms with Crippen LogP contribution in [0.5, 0.6) is 5.75 Å². The van der Waals surface area contributed by atoms with Gasteiger partial charge < -0.3 is 19.9 Å². The van der Waals surface area contributed by atoms with Gasteiger partial charge in [0.05, 0.1) is 12.7 Å². The van der Waals surface area contributed by atoms with E-state index in [1.54, 1.807) is 7.11 Å². The summed E-state index contributed by atoms with van der Waals surface area (Å²) in [7, 11) is 1.64. The minimum Gasteiger partial charge on any atom is -0.497 e. The van der Waals surface area contributed by atoms with Crippen molar-refractivity contribution in [1.29, 1.82) is 0 Å². The zero-order valence-corrected chi connectivity index (χ0v) is 12.6. The number of fused-ring (bicyclic) bond motifs is 1. The zero-order chi connectivity index (χ0) is 14.8. The van der Waals surface area contributed by atoms with E-state index in [0.29, 0.717) is 0 Å². The SMILES string of the molecule is CCN1CCN(/C=C2/C(=O)Nc3ccc(OC)cc32)CC1. The highest BCUT2D eigenvalue weighted by atomic mass is 16.5. The predicted octanol–water partition coefficient (Wildman–Crippen LogP) is 1.63. The molecular formula is C16H21N3O2. The number of nitrogens with one attached hydrogen (secondary N) is 1. The highest BCUT2D eigenvalue weighted by Crippen LogP contribution is 2.34. The van der Waals surface area contributed by atoms with Crippen LogP contribution in [-0.2, 0) is 4.79 Å². The summed E-state index contributed by atoms with van der Waals surface area (Å²) in [6, 6.07) is 5.67. The molecule has 0 aromatic heterocycles. The Morgan fingerprint density at radius 2 is 2.05 bits per heavy atom. The third-order valence-corrected chi connectivity index (χ3v) is 4.18. The molecule has 1 aromatic rings. The van der Waals surface area contributed by atoms with Crippen LogP contribution in [0.4, 0.5) is 5.69 Å². The highest BCUT2D eigenvalue weighted by Gasteiger charge is 2.26. The fourth-order valence-corrected chi connectivity index (χ4v) is 2.81. The van der Waals surface area contributed by atoms with Crippen molar-refractivity contribution < 1.29 is 9.53 Å². The lowest BCUT2D eigenvalue weighted by Gasteiger charge is -2.33. The number of carbonyl (C=O) groups is 1. The molecule has 0 radical (unpaired) electrons. The zero-order valence-electron chi connectivity index (χ0n) is 12.6. The lowest BCUT2D eigenvalue weighted by molar-refractivity contribution is -0.110. The van der Waals surface area contributed by atoms with Gasteiger partial charge in [-0.2, -0.15) is 0 Å². The van der Waals surface area contributed by atoms with Gasteiger partial charge >= 0.3 is 0 Å². The highest BCUT2D eigenvalue weighted by molar-refractivity contribution is 6.31. The largest absolute Gasteiger partial charge is 0.497 e. The summed E-state index contributed by atoms with van der Waals surface area (Å²) < 4.78 is 5.26. The number of likely N-dealkylation sites (N-methyl/N-ethyl adjacent to an activating group) is 1. The van der Waals surface area contributed by atoms with E-state index in [4.69, 9.17) is 4.74 Å². The summed E-state index contributed by atoms with van der Waals surface area (Å²) in [6.07, 6.45) is 1.99. The number of ether oxygens (including phenoxy) is 1. The summed E-state index contributed by atoms with van der Waals surface area (Å²) in [5.74, 6) is 0.739. The molecule has 3 rings (SSSR count). The Labute approximate surface area is 125 Å². The molecular weight excluding hydrogens is 266 g/mol. The molecule has 21 heavy (non-hydrogen) atoms. The summed E-state index contributed by atoms with van der Waals surface area (Å²) in [4.78, 5) is 16.8. The fourth-order valence-electron chi connectivity index (χ4n) is 2.81. The predicted molar refractivity (Wildman–Crippen MR) is 83.3 cm³/mol. The number of carbonyl (C=O) groups excluding carboxylic acids is 1. The Bertz CT molecular complexity index is 575. The molecule has 0 saturated carbocycles. The van der Waals surface area contributed by atoms with E-state index in [2.05, 4.69) is 22.0 Å². The number of anilines is 1. The van der Waals surface area contributed by atoms with E-state index in [-0.39, 0.29) is 5.91 Å². The molecule has 1 fully saturated rings. The average molecular weight is 287 g/mol. The van der Waals surface area contributed by atoms with Gasteiger partial charge in [-0.05, 0) is 24.7 Å². The number of methoxy groups -OCH3 is 1. The minimum atomic E-state index is -0.0313. The third kappa shape index (κ3) is 2.74. The van der Waals surface area contributed by atoms with Crippen molar-refractivity contribution in [3.05, 3.63) is 30.0 Å². The molecule has 2 heterocycles. The van der Waals surface area contributed by atoms with Gasteiger partial charge in [0.2, 0.25) is 0 Å². The second kappa shape index (κ2) is 5.77. The van der Waals surface area contributed by atoms with Gasteiger partial charge in [-0.1, -0.05) is 6.92 Å². The lowest BCUT2D eigenvalue weighted by Crippen LogP contribution is -2.43. The Hall–Kier alpha value is -2.01. The van der Waals surface area contributed by atoms with Crippen LogP contribution in [0.3, 0.4) is 0 Å². The van der Waals surface area contributed by atoms with Crippen LogP contribution in [0.2, 0.25) is 0 Å². The van der Waals surface area contributed by atoms with Crippen molar-refractivity contribution in [2.75, 3.05) is 45.2 Å². The maximum absolute atomic E-state index is 12.2. The Morgan fingerprint density at radius 3 is 2.71 bits per heavy atom. The van der Waals surface area contributed by atoms with Crippen molar-refractivity contribution in [2.45, 2.75) is 6.92 Å². The van der Waals surface area contributed by atoms with Gasteiger partial charge in [0.1, 0.15) is 5.75 Å². The summed E-state index contributed by atoms with van der Waals surface area (Å²) in [5, 5.41) is 2.91. The molecule has 112 valence electrons. The third-order valence-electron chi connectivity index (χ3n) is 4.18. The number of rotatable bonds is 3. The maximum Gasteiger partial charge on any atom is 0.257 e. The molecule has 5 heteroatoms. The van der Waals surface area contributed by atoms with E-state index < -0.39 is 0 Å². The van der Waals surface area contributed by atoms with Crippen LogP contribution >= 0.6 is 0 Å². The van der Waals surface area contributed by atoms with E-state index in [1.807, 2.05) is 24.4 Å². The first-order chi connectivity index (χ1) is 10.2. The van der Waals surface area contributed by atoms with Crippen LogP contribution in [0.15, 0.2) is 24.4 Å². The van der Waals surface area contributed by atoms with Crippen LogP contribution in [0.25, 0.3) is 5.57 Å². The standard InChI is InChI=1S/C16H21N3O2/c1-3-18-6-8-19(9-7-18)11-14-13-10-12(21-2)4-5-15(13)17-16(14)20/h4-5,10-11H,3,6-9H2,1-2H3,(H,17,20)/b14-11+. The number of piperazine rings is 1. The van der Waals surface area contributed by atoms with Gasteiger partial charge in [-0.25, -0.2) is 0 Å². The Balaban J connectivity index is 1.83. The fraction of sp³-hybridized carbons (Fsp3) is 0.438. The van der Waals surface area contributed by atoms with Crippen molar-refractivity contribution in [2.24, 2.45) is 0 Å². The maximum atomic E-state index is 12.2. The smallest absolute Gasteiger partial charge is 0.257 e. The Kier molecular flexibility index (Phi) is 3.84. The number of amides is 1. The molecule has 5 nitrogen and oxygen atoms in total. The normalized spacial score (nSPS) is 20.6. The lowest BCUT2D eigenvalue weighted by atomic mass is 10.1. The Morgan fingerprint density at radius 1 is 1.29 bits per heavy atom. The molecule has 0 unspecified atom stereocenters. The quantitative estimate of drug-likeness (QED) is 0.858. The van der Waals surface area contributed by atoms with Gasteiger partial charge in [0.25, 0.3) is 5.91 Å². The molecule has 0 atom stereocenters. The van der Waals surface area contributed by atoms with Gasteiger partial charge in [-0.15, -0.1) is 0 Å². The van der Waals surface area contributed by atoms with Crippen molar-refractivity contribution >= 4 is 17.2 Å². The molecule has 0 spiro atoms. The van der Waals surface area contributed by atoms with Gasteiger partial charge in [-0.3, -0.25) is 4.79 Å². The monoisotopic (exact) mass is 287 g/mol. The van der Waals surface area contributed by atoms with Crippen LogP contribution in [0.1, 0.15) is 12.5 Å². The summed E-state index contributed by atoms with van der Waals surface area (Å²) >= 11 is 0. The molecule has 0 aliphatic carbocycles. The second-order valence-corrected chi connectivity index (χ2v) is 5.38. The number of hydrogen-bond acceptors (Lipinski definition) is 4. The van der Waals surface area contributed by atoms with Gasteiger partial charge in [0.15, 0.2) is 0 Å².